The number of amides is 3. The number of nitrogens with one attached hydrogen (secondary N) is 2. The third kappa shape index (κ3) is 6.91. The number of benzene rings is 1. The van der Waals surface area contributed by atoms with Crippen molar-refractivity contribution in [1.29, 1.82) is 0 Å². The van der Waals surface area contributed by atoms with E-state index in [4.69, 9.17) is 11.6 Å². The summed E-state index contributed by atoms with van der Waals surface area (Å²) in [5, 5.41) is 6.26. The van der Waals surface area contributed by atoms with E-state index in [1.807, 2.05) is 52.0 Å². The third-order valence-corrected chi connectivity index (χ3v) is 3.59. The summed E-state index contributed by atoms with van der Waals surface area (Å²) in [7, 11) is 0. The lowest BCUT2D eigenvalue weighted by Gasteiger charge is -2.27. The highest BCUT2D eigenvalue weighted by Crippen LogP contribution is 2.14. The molecule has 6 heteroatoms. The second-order valence-corrected chi connectivity index (χ2v) is 6.47. The van der Waals surface area contributed by atoms with Gasteiger partial charge >= 0.3 is 6.03 Å². The normalized spacial score (nSPS) is 10.7. The monoisotopic (exact) mass is 339 g/mol. The topological polar surface area (TPSA) is 61.4 Å². The molecule has 1 aromatic carbocycles. The second-order valence-electron chi connectivity index (χ2n) is 6.03. The molecular formula is C17H26ClN3O2. The Morgan fingerprint density at radius 1 is 1.13 bits per heavy atom. The van der Waals surface area contributed by atoms with Gasteiger partial charge in [0.2, 0.25) is 5.91 Å². The number of nitrogens with zero attached hydrogens (tertiary/aromatic N) is 1. The summed E-state index contributed by atoms with van der Waals surface area (Å²) < 4.78 is 0. The van der Waals surface area contributed by atoms with Crippen LogP contribution in [0.25, 0.3) is 0 Å². The average Bonchev–Trinajstić information content (AvgIpc) is 2.48. The van der Waals surface area contributed by atoms with Crippen molar-refractivity contribution in [3.05, 3.63) is 34.9 Å². The van der Waals surface area contributed by atoms with Crippen molar-refractivity contribution >= 4 is 23.5 Å². The first-order valence-corrected chi connectivity index (χ1v) is 8.25. The van der Waals surface area contributed by atoms with Gasteiger partial charge in [-0.15, -0.1) is 0 Å². The molecule has 0 bridgehead atoms. The number of carbonyl (C=O) groups is 2. The van der Waals surface area contributed by atoms with E-state index in [1.54, 1.807) is 4.90 Å². The number of hydrogen-bond donors (Lipinski definition) is 2. The van der Waals surface area contributed by atoms with Crippen LogP contribution in [0.5, 0.6) is 0 Å². The largest absolute Gasteiger partial charge is 0.354 e. The Kier molecular flexibility index (Phi) is 7.89. The van der Waals surface area contributed by atoms with Gasteiger partial charge in [0.25, 0.3) is 0 Å². The maximum absolute atomic E-state index is 12.3. The van der Waals surface area contributed by atoms with Crippen LogP contribution in [0.3, 0.4) is 0 Å². The molecule has 0 aliphatic rings. The van der Waals surface area contributed by atoms with Crippen molar-refractivity contribution in [1.82, 2.24) is 15.5 Å². The smallest absolute Gasteiger partial charge is 0.317 e. The predicted molar refractivity (Wildman–Crippen MR) is 93.4 cm³/mol. The molecule has 2 N–H and O–H groups in total. The van der Waals surface area contributed by atoms with Crippen molar-refractivity contribution in [2.45, 2.75) is 40.3 Å². The Balaban J connectivity index is 2.50. The van der Waals surface area contributed by atoms with Crippen molar-refractivity contribution in [2.24, 2.45) is 5.92 Å². The van der Waals surface area contributed by atoms with Crippen LogP contribution in [0.2, 0.25) is 5.02 Å². The highest BCUT2D eigenvalue weighted by molar-refractivity contribution is 6.30. The molecule has 0 unspecified atom stereocenters. The SMILES string of the molecule is CC(C)C(=O)NCCNC(=O)N(Cc1cccc(Cl)c1)C(C)C. The molecule has 0 radical (unpaired) electrons. The molecule has 23 heavy (non-hydrogen) atoms. The molecule has 0 spiro atoms. The second kappa shape index (κ2) is 9.40. The zero-order valence-corrected chi connectivity index (χ0v) is 15.0. The van der Waals surface area contributed by atoms with Crippen molar-refractivity contribution in [3.63, 3.8) is 0 Å². The lowest BCUT2D eigenvalue weighted by Crippen LogP contribution is -2.45. The fraction of sp³-hybridized carbons (Fsp3) is 0.529. The highest BCUT2D eigenvalue weighted by atomic mass is 35.5. The summed E-state index contributed by atoms with van der Waals surface area (Å²) in [6.07, 6.45) is 0. The minimum Gasteiger partial charge on any atom is -0.354 e. The van der Waals surface area contributed by atoms with Crippen LogP contribution in [-0.2, 0) is 11.3 Å². The maximum Gasteiger partial charge on any atom is 0.317 e. The van der Waals surface area contributed by atoms with E-state index in [1.165, 1.54) is 0 Å². The molecule has 3 amide bonds. The minimum atomic E-state index is -0.154. The van der Waals surface area contributed by atoms with Gasteiger partial charge in [-0.2, -0.15) is 0 Å². The van der Waals surface area contributed by atoms with Gasteiger partial charge in [-0.25, -0.2) is 4.79 Å². The van der Waals surface area contributed by atoms with Gasteiger partial charge in [-0.1, -0.05) is 37.6 Å². The van der Waals surface area contributed by atoms with E-state index < -0.39 is 0 Å². The Morgan fingerprint density at radius 2 is 1.78 bits per heavy atom. The number of hydrogen-bond acceptors (Lipinski definition) is 2. The number of halogens is 1. The highest BCUT2D eigenvalue weighted by Gasteiger charge is 2.17. The van der Waals surface area contributed by atoms with Crippen LogP contribution < -0.4 is 10.6 Å². The fourth-order valence-electron chi connectivity index (χ4n) is 1.98. The minimum absolute atomic E-state index is 0.0149. The lowest BCUT2D eigenvalue weighted by atomic mass is 10.2. The zero-order chi connectivity index (χ0) is 17.4. The molecule has 0 aromatic heterocycles. The molecule has 1 rings (SSSR count). The molecule has 0 heterocycles. The Hall–Kier alpha value is -1.75. The molecule has 0 fully saturated rings. The van der Waals surface area contributed by atoms with Crippen LogP contribution >= 0.6 is 11.6 Å². The van der Waals surface area contributed by atoms with Gasteiger partial charge in [0.05, 0.1) is 0 Å². The van der Waals surface area contributed by atoms with E-state index in [0.717, 1.165) is 5.56 Å². The molecule has 0 saturated carbocycles. The van der Waals surface area contributed by atoms with E-state index in [0.29, 0.717) is 24.7 Å². The summed E-state index contributed by atoms with van der Waals surface area (Å²) in [4.78, 5) is 25.5. The van der Waals surface area contributed by atoms with Gasteiger partial charge in [0.15, 0.2) is 0 Å². The molecule has 1 aromatic rings. The van der Waals surface area contributed by atoms with Gasteiger partial charge < -0.3 is 15.5 Å². The predicted octanol–water partition coefficient (Wildman–Crippen LogP) is 3.03. The zero-order valence-electron chi connectivity index (χ0n) is 14.2. The first kappa shape index (κ1) is 19.3. The van der Waals surface area contributed by atoms with Crippen LogP contribution in [0, 0.1) is 5.92 Å². The molecular weight excluding hydrogens is 314 g/mol. The summed E-state index contributed by atoms with van der Waals surface area (Å²) >= 11 is 5.99. The number of carbonyl (C=O) groups excluding carboxylic acids is 2. The van der Waals surface area contributed by atoms with Gasteiger partial charge in [-0.3, -0.25) is 4.79 Å². The Bertz CT molecular complexity index is 532. The molecule has 0 atom stereocenters. The van der Waals surface area contributed by atoms with Gasteiger partial charge in [0, 0.05) is 36.6 Å². The van der Waals surface area contributed by atoms with E-state index in [9.17, 15) is 9.59 Å². The fourth-order valence-corrected chi connectivity index (χ4v) is 2.19. The lowest BCUT2D eigenvalue weighted by molar-refractivity contribution is -0.123. The van der Waals surface area contributed by atoms with E-state index >= 15 is 0 Å². The van der Waals surface area contributed by atoms with Gasteiger partial charge in [0.1, 0.15) is 0 Å². The van der Waals surface area contributed by atoms with Crippen molar-refractivity contribution in [2.75, 3.05) is 13.1 Å². The number of urea groups is 1. The first-order valence-electron chi connectivity index (χ1n) is 7.88. The summed E-state index contributed by atoms with van der Waals surface area (Å²) in [5.41, 5.74) is 0.981. The molecule has 0 aliphatic heterocycles. The van der Waals surface area contributed by atoms with Crippen molar-refractivity contribution in [3.8, 4) is 0 Å². The number of rotatable bonds is 7. The van der Waals surface area contributed by atoms with Crippen LogP contribution in [0.15, 0.2) is 24.3 Å². The van der Waals surface area contributed by atoms with Gasteiger partial charge in [-0.05, 0) is 31.5 Å². The standard InChI is InChI=1S/C17H26ClN3O2/c1-12(2)16(22)19-8-9-20-17(23)21(13(3)4)11-14-6-5-7-15(18)10-14/h5-7,10,12-13H,8-9,11H2,1-4H3,(H,19,22)(H,20,23). The molecule has 5 nitrogen and oxygen atoms in total. The summed E-state index contributed by atoms with van der Waals surface area (Å²) in [6.45, 7) is 8.90. The third-order valence-electron chi connectivity index (χ3n) is 3.35. The van der Waals surface area contributed by atoms with Crippen molar-refractivity contribution < 1.29 is 9.59 Å². The Morgan fingerprint density at radius 3 is 2.35 bits per heavy atom. The maximum atomic E-state index is 12.3. The Labute approximate surface area is 143 Å². The van der Waals surface area contributed by atoms with Crippen LogP contribution in [0.4, 0.5) is 4.79 Å². The molecule has 0 saturated heterocycles. The first-order chi connectivity index (χ1) is 10.8. The average molecular weight is 340 g/mol. The van der Waals surface area contributed by atoms with E-state index in [-0.39, 0.29) is 23.9 Å². The molecule has 128 valence electrons. The quantitative estimate of drug-likeness (QED) is 0.750. The summed E-state index contributed by atoms with van der Waals surface area (Å²) in [5.74, 6) is -0.0698. The van der Waals surface area contributed by atoms with Crippen LogP contribution in [0.1, 0.15) is 33.3 Å². The van der Waals surface area contributed by atoms with Crippen LogP contribution in [-0.4, -0.2) is 36.0 Å². The molecule has 0 aliphatic carbocycles. The van der Waals surface area contributed by atoms with E-state index in [2.05, 4.69) is 10.6 Å². The summed E-state index contributed by atoms with van der Waals surface area (Å²) in [6, 6.07) is 7.38.